The van der Waals surface area contributed by atoms with E-state index in [2.05, 4.69) is 6.58 Å². The molecule has 0 aliphatic carbocycles. The zero-order chi connectivity index (χ0) is 28.5. The highest BCUT2D eigenvalue weighted by atomic mass is 16.7. The monoisotopic (exact) mass is 554 g/mol. The molecule has 2 aromatic carbocycles. The minimum absolute atomic E-state index is 0.288. The van der Waals surface area contributed by atoms with E-state index < -0.39 is 61.1 Å². The molecule has 2 aromatic rings. The van der Waals surface area contributed by atoms with E-state index in [0.29, 0.717) is 25.2 Å². The van der Waals surface area contributed by atoms with Crippen LogP contribution < -0.4 is 0 Å². The van der Waals surface area contributed by atoms with Gasteiger partial charge in [0.25, 0.3) is 0 Å². The van der Waals surface area contributed by atoms with E-state index in [1.54, 1.807) is 30.3 Å². The second kappa shape index (κ2) is 14.5. The number of carbonyl (C=O) groups is 2. The summed E-state index contributed by atoms with van der Waals surface area (Å²) in [5.74, 6) is -0.881. The van der Waals surface area contributed by atoms with Crippen LogP contribution >= 0.6 is 0 Å². The molecule has 2 fully saturated rings. The van der Waals surface area contributed by atoms with Crippen LogP contribution in [0.3, 0.4) is 0 Å². The van der Waals surface area contributed by atoms with Gasteiger partial charge in [-0.25, -0.2) is 4.79 Å². The maximum absolute atomic E-state index is 12.9. The Bertz CT molecular complexity index is 1090. The minimum atomic E-state index is -0.720. The Morgan fingerprint density at radius 2 is 1.48 bits per heavy atom. The molecule has 0 amide bonds. The molecule has 2 aliphatic heterocycles. The molecule has 40 heavy (non-hydrogen) atoms. The summed E-state index contributed by atoms with van der Waals surface area (Å²) in [4.78, 5) is 24.8. The maximum Gasteiger partial charge on any atom is 0.338 e. The molecule has 4 rings (SSSR count). The van der Waals surface area contributed by atoms with Crippen LogP contribution in [-0.4, -0.2) is 67.7 Å². The smallest absolute Gasteiger partial charge is 0.338 e. The molecule has 9 nitrogen and oxygen atoms in total. The zero-order valence-electron chi connectivity index (χ0n) is 23.2. The van der Waals surface area contributed by atoms with Crippen LogP contribution in [0.1, 0.15) is 49.5 Å². The fourth-order valence-electron chi connectivity index (χ4n) is 4.95. The number of benzene rings is 2. The fourth-order valence-corrected chi connectivity index (χ4v) is 4.95. The summed E-state index contributed by atoms with van der Waals surface area (Å²) in [5, 5.41) is 0. The number of rotatable bonds is 11. The highest BCUT2D eigenvalue weighted by Gasteiger charge is 2.45. The van der Waals surface area contributed by atoms with Crippen molar-refractivity contribution in [3.05, 3.63) is 84.4 Å². The normalized spacial score (nSPS) is 30.3. The summed E-state index contributed by atoms with van der Waals surface area (Å²) in [6.45, 7) is 9.31. The Morgan fingerprint density at radius 1 is 0.850 bits per heavy atom. The van der Waals surface area contributed by atoms with E-state index in [1.165, 1.54) is 6.92 Å². The van der Waals surface area contributed by atoms with Gasteiger partial charge in [-0.3, -0.25) is 4.79 Å². The molecule has 216 valence electrons. The number of esters is 2. The molecule has 2 saturated heterocycles. The molecule has 2 heterocycles. The lowest BCUT2D eigenvalue weighted by molar-refractivity contribution is -0.314. The van der Waals surface area contributed by atoms with E-state index >= 15 is 0 Å². The molecule has 0 saturated carbocycles. The number of hydrogen-bond donors (Lipinski definition) is 0. The van der Waals surface area contributed by atoms with Crippen LogP contribution in [0.2, 0.25) is 0 Å². The lowest BCUT2D eigenvalue weighted by Gasteiger charge is -2.44. The molecule has 0 unspecified atom stereocenters. The summed E-state index contributed by atoms with van der Waals surface area (Å²) in [5.41, 5.74) is 1.43. The third-order valence-corrected chi connectivity index (χ3v) is 6.83. The molecule has 0 spiro atoms. The molecular formula is C31H38O9. The highest BCUT2D eigenvalue weighted by Crippen LogP contribution is 2.32. The van der Waals surface area contributed by atoms with Gasteiger partial charge in [-0.15, -0.1) is 6.58 Å². The van der Waals surface area contributed by atoms with Crippen molar-refractivity contribution in [3.63, 3.8) is 0 Å². The Hall–Kier alpha value is -3.08. The van der Waals surface area contributed by atoms with Gasteiger partial charge < -0.3 is 33.2 Å². The largest absolute Gasteiger partial charge is 0.459 e. The van der Waals surface area contributed by atoms with Crippen LogP contribution in [0.4, 0.5) is 0 Å². The van der Waals surface area contributed by atoms with Gasteiger partial charge in [0.05, 0.1) is 31.0 Å². The molecule has 0 aromatic heterocycles. The van der Waals surface area contributed by atoms with Gasteiger partial charge in [0.15, 0.2) is 18.7 Å². The second-order valence-corrected chi connectivity index (χ2v) is 9.95. The van der Waals surface area contributed by atoms with Crippen molar-refractivity contribution in [3.8, 4) is 0 Å². The first-order valence-electron chi connectivity index (χ1n) is 13.6. The van der Waals surface area contributed by atoms with Crippen molar-refractivity contribution < 1.29 is 42.7 Å². The predicted molar refractivity (Wildman–Crippen MR) is 145 cm³/mol. The highest BCUT2D eigenvalue weighted by molar-refractivity contribution is 5.89. The third-order valence-electron chi connectivity index (χ3n) is 6.83. The molecule has 2 aliphatic rings. The van der Waals surface area contributed by atoms with E-state index in [9.17, 15) is 9.59 Å². The van der Waals surface area contributed by atoms with E-state index in [0.717, 1.165) is 5.56 Å². The first kappa shape index (κ1) is 29.9. The van der Waals surface area contributed by atoms with Crippen molar-refractivity contribution in [1.29, 1.82) is 0 Å². The Labute approximate surface area is 235 Å². The average Bonchev–Trinajstić information content (AvgIpc) is 2.94. The van der Waals surface area contributed by atoms with Crippen LogP contribution in [0, 0.1) is 0 Å². The summed E-state index contributed by atoms with van der Waals surface area (Å²) < 4.78 is 42.0. The Balaban J connectivity index is 1.48. The second-order valence-electron chi connectivity index (χ2n) is 9.95. The maximum atomic E-state index is 12.9. The van der Waals surface area contributed by atoms with Gasteiger partial charge in [0, 0.05) is 19.8 Å². The van der Waals surface area contributed by atoms with Crippen molar-refractivity contribution in [2.24, 2.45) is 0 Å². The SMILES string of the molecule is C=CCO[C@@H]1C[C@@H](OC(C)=O)[C@H](O[C@@H]2C[C@@H](OCc3ccccc3)[C@H](OC(=O)c3ccccc3)[C@@H](C)O2)[C@@H](C)O1. The van der Waals surface area contributed by atoms with Gasteiger partial charge >= 0.3 is 11.9 Å². The topological polar surface area (TPSA) is 98.8 Å². The summed E-state index contributed by atoms with van der Waals surface area (Å²) in [6, 6.07) is 18.6. The summed E-state index contributed by atoms with van der Waals surface area (Å²) >= 11 is 0. The molecule has 0 N–H and O–H groups in total. The van der Waals surface area contributed by atoms with Gasteiger partial charge in [0.2, 0.25) is 0 Å². The average molecular weight is 555 g/mol. The minimum Gasteiger partial charge on any atom is -0.459 e. The molecular weight excluding hydrogens is 516 g/mol. The van der Waals surface area contributed by atoms with Crippen molar-refractivity contribution >= 4 is 11.9 Å². The number of ether oxygens (including phenoxy) is 7. The standard InChI is InChI=1S/C31H38O9/c1-5-16-34-27-18-26(38-22(4)32)30(21(3)36-27)39-28-17-25(35-19-23-12-8-6-9-13-23)29(20(2)37-28)40-31(33)24-14-10-7-11-15-24/h5-15,20-21,25-30H,1,16-19H2,2-4H3/t20-,21-,25-,26-,27+,28-,29-,30-/m1/s1. The van der Waals surface area contributed by atoms with Crippen molar-refractivity contribution in [1.82, 2.24) is 0 Å². The molecule has 8 atom stereocenters. The van der Waals surface area contributed by atoms with Crippen molar-refractivity contribution in [2.45, 2.75) is 89.4 Å². The van der Waals surface area contributed by atoms with Crippen LogP contribution in [0.5, 0.6) is 0 Å². The number of hydrogen-bond acceptors (Lipinski definition) is 9. The predicted octanol–water partition coefficient (Wildman–Crippen LogP) is 4.59. The fraction of sp³-hybridized carbons (Fsp3) is 0.484. The van der Waals surface area contributed by atoms with Crippen LogP contribution in [-0.2, 0) is 44.6 Å². The van der Waals surface area contributed by atoms with Crippen LogP contribution in [0.25, 0.3) is 0 Å². The van der Waals surface area contributed by atoms with Gasteiger partial charge in [0.1, 0.15) is 18.3 Å². The molecule has 0 bridgehead atoms. The molecule has 9 heteroatoms. The first-order chi connectivity index (χ1) is 19.3. The lowest BCUT2D eigenvalue weighted by Crippen LogP contribution is -2.56. The summed E-state index contributed by atoms with van der Waals surface area (Å²) in [7, 11) is 0. The van der Waals surface area contributed by atoms with Gasteiger partial charge in [-0.05, 0) is 31.5 Å². The van der Waals surface area contributed by atoms with E-state index in [4.69, 9.17) is 33.2 Å². The first-order valence-corrected chi connectivity index (χ1v) is 13.6. The lowest BCUT2D eigenvalue weighted by atomic mass is 9.99. The third kappa shape index (κ3) is 8.22. The quantitative estimate of drug-likeness (QED) is 0.292. The Kier molecular flexibility index (Phi) is 10.9. The van der Waals surface area contributed by atoms with E-state index in [1.807, 2.05) is 50.2 Å². The van der Waals surface area contributed by atoms with Crippen LogP contribution in [0.15, 0.2) is 73.3 Å². The Morgan fingerprint density at radius 3 is 2.15 bits per heavy atom. The number of carbonyl (C=O) groups excluding carboxylic acids is 2. The molecule has 0 radical (unpaired) electrons. The van der Waals surface area contributed by atoms with Gasteiger partial charge in [-0.2, -0.15) is 0 Å². The van der Waals surface area contributed by atoms with Crippen molar-refractivity contribution in [2.75, 3.05) is 6.61 Å². The van der Waals surface area contributed by atoms with Gasteiger partial charge in [-0.1, -0.05) is 54.6 Å². The summed E-state index contributed by atoms with van der Waals surface area (Å²) in [6.07, 6.45) is -2.46. The zero-order valence-corrected chi connectivity index (χ0v) is 23.2. The van der Waals surface area contributed by atoms with E-state index in [-0.39, 0.29) is 6.42 Å².